The van der Waals surface area contributed by atoms with Crippen molar-refractivity contribution in [3.63, 3.8) is 0 Å². The van der Waals surface area contributed by atoms with E-state index in [-0.39, 0.29) is 0 Å². The number of fused-ring (bicyclic) bond motifs is 8. The van der Waals surface area contributed by atoms with Gasteiger partial charge in [-0.2, -0.15) is 0 Å². The Bertz CT molecular complexity index is 7280. The Balaban J connectivity index is 0.000000145. The standard InChI is InChI=1S/2C55H35N3/c1-2-13-36(14-3-1)39-25-29-40(30-26-39)51-47-21-8-10-23-49(47)52(50-24-11-9-22-48(50)51)43-19-12-20-44(35-43)53-56-54(45-31-27-37-15-4-6-17-41(37)33-45)58-55(57-53)46-32-28-38-16-5-7-18-42(38)34-46;1-2-17-38(18-3-1)45-23-8-9-24-46(45)52-49-27-12-10-25-47(49)51(48-26-11-13-28-50(48)52)41-21-14-22-42(35-41)53-56-54(43-31-29-36-15-4-6-19-39(36)33-43)58-55(57-53)44-32-30-37-16-5-7-20-40(37)34-44/h2*1-35H. The molecule has 0 spiro atoms. The highest BCUT2D eigenvalue weighted by atomic mass is 15.0. The first kappa shape index (κ1) is 68.5. The molecule has 0 atom stereocenters. The number of hydrogen-bond acceptors (Lipinski definition) is 6. The van der Waals surface area contributed by atoms with Crippen molar-refractivity contribution in [3.8, 4) is 135 Å². The molecule has 0 N–H and O–H groups in total. The van der Waals surface area contributed by atoms with E-state index in [1.54, 1.807) is 0 Å². The molecule has 22 aromatic rings. The normalized spacial score (nSPS) is 11.4. The van der Waals surface area contributed by atoms with Crippen LogP contribution in [0.15, 0.2) is 425 Å². The van der Waals surface area contributed by atoms with Crippen molar-refractivity contribution >= 4 is 86.2 Å². The Morgan fingerprint density at radius 3 is 0.664 bits per heavy atom. The van der Waals surface area contributed by atoms with Gasteiger partial charge in [-0.25, -0.2) is 29.9 Å². The van der Waals surface area contributed by atoms with Gasteiger partial charge >= 0.3 is 0 Å². The topological polar surface area (TPSA) is 77.3 Å². The fourth-order valence-electron chi connectivity index (χ4n) is 17.0. The summed E-state index contributed by atoms with van der Waals surface area (Å²) in [5.74, 6) is 3.83. The zero-order chi connectivity index (χ0) is 76.8. The Morgan fingerprint density at radius 2 is 0.328 bits per heavy atom. The zero-order valence-electron chi connectivity index (χ0n) is 63.1. The maximum Gasteiger partial charge on any atom is 0.164 e. The van der Waals surface area contributed by atoms with E-state index in [1.165, 1.54) is 120 Å². The average molecular weight is 1480 g/mol. The fraction of sp³-hybridized carbons (Fsp3) is 0. The number of aromatic nitrogens is 6. The van der Waals surface area contributed by atoms with E-state index in [1.807, 2.05) is 0 Å². The summed E-state index contributed by atoms with van der Waals surface area (Å²) in [5, 5.41) is 18.9. The molecule has 116 heavy (non-hydrogen) atoms. The molecule has 0 saturated heterocycles. The third kappa shape index (κ3) is 12.9. The summed E-state index contributed by atoms with van der Waals surface area (Å²) in [5.41, 5.74) is 20.0. The van der Waals surface area contributed by atoms with Gasteiger partial charge in [0.15, 0.2) is 34.9 Å². The number of nitrogens with zero attached hydrogens (tertiary/aromatic N) is 6. The molecule has 2 aromatic heterocycles. The van der Waals surface area contributed by atoms with E-state index in [2.05, 4.69) is 425 Å². The molecule has 0 radical (unpaired) electrons. The highest BCUT2D eigenvalue weighted by molar-refractivity contribution is 6.24. The summed E-state index contributed by atoms with van der Waals surface area (Å²) < 4.78 is 0. The second-order valence-electron chi connectivity index (χ2n) is 29.6. The molecule has 0 aliphatic carbocycles. The van der Waals surface area contributed by atoms with Gasteiger partial charge in [-0.05, 0) is 189 Å². The lowest BCUT2D eigenvalue weighted by molar-refractivity contribution is 1.07. The van der Waals surface area contributed by atoms with E-state index in [4.69, 9.17) is 29.9 Å². The fourth-order valence-corrected chi connectivity index (χ4v) is 17.0. The molecular formula is C110H70N6. The highest BCUT2D eigenvalue weighted by Crippen LogP contribution is 2.49. The van der Waals surface area contributed by atoms with Gasteiger partial charge in [0.1, 0.15) is 0 Å². The summed E-state index contributed by atoms with van der Waals surface area (Å²) in [4.78, 5) is 31.0. The molecule has 6 nitrogen and oxygen atoms in total. The first-order chi connectivity index (χ1) is 57.5. The number of benzene rings is 20. The van der Waals surface area contributed by atoms with Gasteiger partial charge < -0.3 is 0 Å². The van der Waals surface area contributed by atoms with Crippen molar-refractivity contribution in [3.05, 3.63) is 425 Å². The summed E-state index contributed by atoms with van der Waals surface area (Å²) in [6.45, 7) is 0. The minimum absolute atomic E-state index is 0.630. The van der Waals surface area contributed by atoms with Gasteiger partial charge in [0.2, 0.25) is 0 Å². The molecular weight excluding hydrogens is 1410 g/mol. The molecule has 20 aromatic carbocycles. The molecule has 22 rings (SSSR count). The largest absolute Gasteiger partial charge is 0.208 e. The van der Waals surface area contributed by atoms with Crippen LogP contribution in [0.4, 0.5) is 0 Å². The molecule has 0 amide bonds. The Morgan fingerprint density at radius 1 is 0.112 bits per heavy atom. The molecule has 0 aliphatic rings. The van der Waals surface area contributed by atoms with Gasteiger partial charge in [-0.1, -0.05) is 388 Å². The van der Waals surface area contributed by atoms with Gasteiger partial charge in [0.05, 0.1) is 0 Å². The van der Waals surface area contributed by atoms with Crippen LogP contribution in [-0.4, -0.2) is 29.9 Å². The minimum atomic E-state index is 0.630. The lowest BCUT2D eigenvalue weighted by Gasteiger charge is -2.20. The third-order valence-corrected chi connectivity index (χ3v) is 22.5. The lowest BCUT2D eigenvalue weighted by atomic mass is 9.83. The Labute approximate surface area is 671 Å². The van der Waals surface area contributed by atoms with Crippen molar-refractivity contribution < 1.29 is 0 Å². The maximum absolute atomic E-state index is 5.20. The van der Waals surface area contributed by atoms with Crippen LogP contribution in [0.2, 0.25) is 0 Å². The Hall–Kier alpha value is -15.5. The Kier molecular flexibility index (Phi) is 17.5. The molecule has 2 heterocycles. The molecule has 0 unspecified atom stereocenters. The smallest absolute Gasteiger partial charge is 0.164 e. The van der Waals surface area contributed by atoms with Crippen molar-refractivity contribution in [2.24, 2.45) is 0 Å². The zero-order valence-corrected chi connectivity index (χ0v) is 63.1. The van der Waals surface area contributed by atoms with Crippen molar-refractivity contribution in [1.82, 2.24) is 29.9 Å². The van der Waals surface area contributed by atoms with Crippen LogP contribution >= 0.6 is 0 Å². The minimum Gasteiger partial charge on any atom is -0.208 e. The quantitative estimate of drug-likeness (QED) is 0.113. The maximum atomic E-state index is 5.20. The van der Waals surface area contributed by atoms with E-state index < -0.39 is 0 Å². The number of hydrogen-bond donors (Lipinski definition) is 0. The van der Waals surface area contributed by atoms with Crippen molar-refractivity contribution in [2.75, 3.05) is 0 Å². The van der Waals surface area contributed by atoms with Gasteiger partial charge in [0.25, 0.3) is 0 Å². The molecule has 0 saturated carbocycles. The summed E-state index contributed by atoms with van der Waals surface area (Å²) in [7, 11) is 0. The van der Waals surface area contributed by atoms with Gasteiger partial charge in [0, 0.05) is 33.4 Å². The van der Waals surface area contributed by atoms with E-state index in [0.29, 0.717) is 34.9 Å². The first-order valence-corrected chi connectivity index (χ1v) is 39.4. The van der Waals surface area contributed by atoms with Crippen LogP contribution in [0, 0.1) is 0 Å². The van der Waals surface area contributed by atoms with Crippen LogP contribution in [0.3, 0.4) is 0 Å². The second-order valence-corrected chi connectivity index (χ2v) is 29.6. The van der Waals surface area contributed by atoms with Crippen LogP contribution < -0.4 is 0 Å². The van der Waals surface area contributed by atoms with E-state index in [9.17, 15) is 0 Å². The third-order valence-electron chi connectivity index (χ3n) is 22.5. The number of rotatable bonds is 12. The predicted octanol–water partition coefficient (Wildman–Crippen LogP) is 29.0. The highest BCUT2D eigenvalue weighted by Gasteiger charge is 2.23. The first-order valence-electron chi connectivity index (χ1n) is 39.4. The SMILES string of the molecule is c1ccc(-c2ccc(-c3c4ccccc4c(-c4cccc(-c5nc(-c6ccc7ccccc7c6)nc(-c6ccc7ccccc7c6)n5)c4)c4ccccc34)cc2)cc1.c1ccc(-c2ccccc2-c2c3ccccc3c(-c3cccc(-c4nc(-c5ccc6ccccc6c5)nc(-c5ccc6ccccc6c5)n4)c3)c3ccccc23)cc1. The summed E-state index contributed by atoms with van der Waals surface area (Å²) in [6, 6.07) is 151. The second kappa shape index (κ2) is 29.6. The molecule has 6 heteroatoms. The van der Waals surface area contributed by atoms with E-state index >= 15 is 0 Å². The molecule has 0 bridgehead atoms. The van der Waals surface area contributed by atoms with Gasteiger partial charge in [-0.15, -0.1) is 0 Å². The van der Waals surface area contributed by atoms with Crippen LogP contribution in [-0.2, 0) is 0 Å². The predicted molar refractivity (Wildman–Crippen MR) is 485 cm³/mol. The van der Waals surface area contributed by atoms with Crippen molar-refractivity contribution in [1.29, 1.82) is 0 Å². The van der Waals surface area contributed by atoms with Gasteiger partial charge in [-0.3, -0.25) is 0 Å². The monoisotopic (exact) mass is 1470 g/mol. The van der Waals surface area contributed by atoms with Crippen LogP contribution in [0.1, 0.15) is 0 Å². The molecule has 0 fully saturated rings. The van der Waals surface area contributed by atoms with Crippen LogP contribution in [0.5, 0.6) is 0 Å². The van der Waals surface area contributed by atoms with Crippen LogP contribution in [0.25, 0.3) is 221 Å². The average Bonchev–Trinajstić information content (AvgIpc) is 0.768. The summed E-state index contributed by atoms with van der Waals surface area (Å²) >= 11 is 0. The van der Waals surface area contributed by atoms with Crippen molar-refractivity contribution in [2.45, 2.75) is 0 Å². The lowest BCUT2D eigenvalue weighted by Crippen LogP contribution is -2.00. The molecule has 0 aliphatic heterocycles. The van der Waals surface area contributed by atoms with E-state index in [0.717, 1.165) is 66.1 Å². The molecule has 540 valence electrons. The summed E-state index contributed by atoms with van der Waals surface area (Å²) in [6.07, 6.45) is 0.